The minimum absolute atomic E-state index is 0.0774. The van der Waals surface area contributed by atoms with Crippen LogP contribution in [-0.2, 0) is 9.63 Å². The lowest BCUT2D eigenvalue weighted by atomic mass is 10.2. The van der Waals surface area contributed by atoms with E-state index in [4.69, 9.17) is 14.3 Å². The number of ether oxygens (including phenoxy) is 2. The molecule has 0 aliphatic carbocycles. The highest BCUT2D eigenvalue weighted by atomic mass is 16.6. The normalized spacial score (nSPS) is 10.7. The molecule has 1 aromatic carbocycles. The zero-order valence-electron chi connectivity index (χ0n) is 12.2. The maximum atomic E-state index is 11.3. The molecular formula is C14H20N2O4. The Morgan fingerprint density at radius 1 is 1.35 bits per heavy atom. The third-order valence-electron chi connectivity index (χ3n) is 2.35. The first-order chi connectivity index (χ1) is 9.56. The smallest absolute Gasteiger partial charge is 0.260 e. The van der Waals surface area contributed by atoms with Crippen molar-refractivity contribution in [2.24, 2.45) is 5.16 Å². The molecule has 1 N–H and O–H groups in total. The standard InChI is InChI=1S/C14H20N2O4/c1-10(2)16-14(17)9-20-15-8-11-7-12(18-3)5-6-13(11)19-4/h5-8,10H,9H2,1-4H3,(H,16,17)/b15-8-. The van der Waals surface area contributed by atoms with Crippen LogP contribution in [0, 0.1) is 0 Å². The van der Waals surface area contributed by atoms with Gasteiger partial charge < -0.3 is 19.6 Å². The fraction of sp³-hybridized carbons (Fsp3) is 0.429. The van der Waals surface area contributed by atoms with Crippen LogP contribution in [0.5, 0.6) is 11.5 Å². The second kappa shape index (κ2) is 8.04. The number of amides is 1. The van der Waals surface area contributed by atoms with Crippen LogP contribution in [0.25, 0.3) is 0 Å². The van der Waals surface area contributed by atoms with Gasteiger partial charge >= 0.3 is 0 Å². The predicted octanol–water partition coefficient (Wildman–Crippen LogP) is 1.58. The number of oxime groups is 1. The van der Waals surface area contributed by atoms with Gasteiger partial charge in [0.1, 0.15) is 11.5 Å². The van der Waals surface area contributed by atoms with E-state index in [-0.39, 0.29) is 18.6 Å². The van der Waals surface area contributed by atoms with Gasteiger partial charge in [-0.15, -0.1) is 0 Å². The topological polar surface area (TPSA) is 69.1 Å². The Hall–Kier alpha value is -2.24. The maximum absolute atomic E-state index is 11.3. The maximum Gasteiger partial charge on any atom is 0.260 e. The fourth-order valence-electron chi connectivity index (χ4n) is 1.49. The minimum Gasteiger partial charge on any atom is -0.497 e. The van der Waals surface area contributed by atoms with Crippen molar-refractivity contribution >= 4 is 12.1 Å². The van der Waals surface area contributed by atoms with Crippen LogP contribution in [0.4, 0.5) is 0 Å². The lowest BCUT2D eigenvalue weighted by molar-refractivity contribution is -0.126. The summed E-state index contributed by atoms with van der Waals surface area (Å²) in [5, 5.41) is 6.45. The van der Waals surface area contributed by atoms with Gasteiger partial charge in [0.25, 0.3) is 5.91 Å². The Morgan fingerprint density at radius 2 is 2.10 bits per heavy atom. The highest BCUT2D eigenvalue weighted by Crippen LogP contribution is 2.22. The van der Waals surface area contributed by atoms with Gasteiger partial charge in [-0.25, -0.2) is 0 Å². The third-order valence-corrected chi connectivity index (χ3v) is 2.35. The number of carbonyl (C=O) groups is 1. The number of nitrogens with one attached hydrogen (secondary N) is 1. The largest absolute Gasteiger partial charge is 0.497 e. The lowest BCUT2D eigenvalue weighted by Gasteiger charge is -2.07. The molecule has 0 atom stereocenters. The number of carbonyl (C=O) groups excluding carboxylic acids is 1. The fourth-order valence-corrected chi connectivity index (χ4v) is 1.49. The Kier molecular flexibility index (Phi) is 6.36. The summed E-state index contributed by atoms with van der Waals surface area (Å²) in [5.41, 5.74) is 0.705. The second-order valence-electron chi connectivity index (χ2n) is 4.34. The molecule has 20 heavy (non-hydrogen) atoms. The molecule has 0 unspecified atom stereocenters. The van der Waals surface area contributed by atoms with Gasteiger partial charge in [-0.05, 0) is 32.0 Å². The van der Waals surface area contributed by atoms with Crippen molar-refractivity contribution in [3.05, 3.63) is 23.8 Å². The van der Waals surface area contributed by atoms with Crippen molar-refractivity contribution in [1.29, 1.82) is 0 Å². The molecule has 0 aliphatic rings. The van der Waals surface area contributed by atoms with Crippen molar-refractivity contribution < 1.29 is 19.1 Å². The predicted molar refractivity (Wildman–Crippen MR) is 76.4 cm³/mol. The molecule has 0 aromatic heterocycles. The molecule has 0 radical (unpaired) electrons. The van der Waals surface area contributed by atoms with E-state index in [2.05, 4.69) is 10.5 Å². The molecule has 1 rings (SSSR count). The average Bonchev–Trinajstić information content (AvgIpc) is 2.42. The van der Waals surface area contributed by atoms with Gasteiger partial charge in [0, 0.05) is 11.6 Å². The number of rotatable bonds is 7. The summed E-state index contributed by atoms with van der Waals surface area (Å²) in [6.07, 6.45) is 1.48. The van der Waals surface area contributed by atoms with Crippen molar-refractivity contribution in [2.45, 2.75) is 19.9 Å². The van der Waals surface area contributed by atoms with Crippen LogP contribution in [0.2, 0.25) is 0 Å². The van der Waals surface area contributed by atoms with Crippen molar-refractivity contribution in [2.75, 3.05) is 20.8 Å². The van der Waals surface area contributed by atoms with E-state index in [1.165, 1.54) is 6.21 Å². The van der Waals surface area contributed by atoms with Gasteiger partial charge in [0.05, 0.1) is 20.4 Å². The van der Waals surface area contributed by atoms with Gasteiger partial charge in [-0.1, -0.05) is 5.16 Å². The molecule has 6 heteroatoms. The first-order valence-corrected chi connectivity index (χ1v) is 6.23. The number of benzene rings is 1. The van der Waals surface area contributed by atoms with Crippen LogP contribution in [-0.4, -0.2) is 39.0 Å². The molecule has 0 saturated carbocycles. The van der Waals surface area contributed by atoms with Gasteiger partial charge in [-0.3, -0.25) is 4.79 Å². The Labute approximate surface area is 118 Å². The van der Waals surface area contributed by atoms with Crippen molar-refractivity contribution in [1.82, 2.24) is 5.32 Å². The number of hydrogen-bond donors (Lipinski definition) is 1. The quantitative estimate of drug-likeness (QED) is 0.608. The number of hydrogen-bond acceptors (Lipinski definition) is 5. The van der Waals surface area contributed by atoms with E-state index in [0.29, 0.717) is 17.1 Å². The highest BCUT2D eigenvalue weighted by Gasteiger charge is 2.04. The first-order valence-electron chi connectivity index (χ1n) is 6.23. The van der Waals surface area contributed by atoms with Crippen LogP contribution >= 0.6 is 0 Å². The lowest BCUT2D eigenvalue weighted by Crippen LogP contribution is -2.32. The average molecular weight is 280 g/mol. The SMILES string of the molecule is COc1ccc(OC)c(/C=N\OCC(=O)NC(C)C)c1. The van der Waals surface area contributed by atoms with Gasteiger partial charge in [-0.2, -0.15) is 0 Å². The summed E-state index contributed by atoms with van der Waals surface area (Å²) in [6, 6.07) is 5.40. The number of methoxy groups -OCH3 is 2. The van der Waals surface area contributed by atoms with Gasteiger partial charge in [0.2, 0.25) is 0 Å². The van der Waals surface area contributed by atoms with Crippen LogP contribution in [0.15, 0.2) is 23.4 Å². The summed E-state index contributed by atoms with van der Waals surface area (Å²) in [4.78, 5) is 16.3. The van der Waals surface area contributed by atoms with Crippen LogP contribution < -0.4 is 14.8 Å². The van der Waals surface area contributed by atoms with E-state index in [1.54, 1.807) is 32.4 Å². The zero-order chi connectivity index (χ0) is 15.0. The highest BCUT2D eigenvalue weighted by molar-refractivity contribution is 5.84. The number of nitrogens with zero attached hydrogens (tertiary/aromatic N) is 1. The minimum atomic E-state index is -0.213. The molecule has 0 spiro atoms. The molecule has 0 aliphatic heterocycles. The van der Waals surface area contributed by atoms with E-state index in [1.807, 2.05) is 13.8 Å². The molecule has 1 aromatic rings. The summed E-state index contributed by atoms with van der Waals surface area (Å²) in [7, 11) is 3.14. The van der Waals surface area contributed by atoms with Crippen molar-refractivity contribution in [3.63, 3.8) is 0 Å². The molecule has 0 saturated heterocycles. The summed E-state index contributed by atoms with van der Waals surface area (Å²) in [6.45, 7) is 3.63. The molecule has 6 nitrogen and oxygen atoms in total. The Balaban J connectivity index is 2.59. The molecule has 0 fully saturated rings. The summed E-state index contributed by atoms with van der Waals surface area (Å²) < 4.78 is 10.3. The van der Waals surface area contributed by atoms with E-state index in [9.17, 15) is 4.79 Å². The molecule has 0 heterocycles. The Morgan fingerprint density at radius 3 is 2.70 bits per heavy atom. The third kappa shape index (κ3) is 5.17. The monoisotopic (exact) mass is 280 g/mol. The zero-order valence-corrected chi connectivity index (χ0v) is 12.2. The van der Waals surface area contributed by atoms with Crippen LogP contribution in [0.3, 0.4) is 0 Å². The summed E-state index contributed by atoms with van der Waals surface area (Å²) in [5.74, 6) is 1.12. The molecule has 110 valence electrons. The Bertz CT molecular complexity index is 472. The van der Waals surface area contributed by atoms with E-state index < -0.39 is 0 Å². The van der Waals surface area contributed by atoms with E-state index in [0.717, 1.165) is 0 Å². The molecular weight excluding hydrogens is 260 g/mol. The molecule has 0 bridgehead atoms. The van der Waals surface area contributed by atoms with Gasteiger partial charge in [0.15, 0.2) is 6.61 Å². The van der Waals surface area contributed by atoms with Crippen LogP contribution in [0.1, 0.15) is 19.4 Å². The van der Waals surface area contributed by atoms with E-state index >= 15 is 0 Å². The summed E-state index contributed by atoms with van der Waals surface area (Å²) >= 11 is 0. The molecule has 1 amide bonds. The van der Waals surface area contributed by atoms with Crippen molar-refractivity contribution in [3.8, 4) is 11.5 Å². The first kappa shape index (κ1) is 15.8. The second-order valence-corrected chi connectivity index (χ2v) is 4.34.